The van der Waals surface area contributed by atoms with Crippen LogP contribution in [0.25, 0.3) is 28.2 Å². The number of fused-ring (bicyclic) bond motifs is 1. The van der Waals surface area contributed by atoms with Crippen LogP contribution in [0.4, 0.5) is 0 Å². The van der Waals surface area contributed by atoms with E-state index in [0.29, 0.717) is 17.2 Å². The molecule has 0 radical (unpaired) electrons. The molecular weight excluding hydrogens is 412 g/mol. The molecule has 1 N–H and O–H groups in total. The predicted molar refractivity (Wildman–Crippen MR) is 123 cm³/mol. The summed E-state index contributed by atoms with van der Waals surface area (Å²) in [5.41, 5.74) is 6.78. The molecule has 31 heavy (non-hydrogen) atoms. The maximum Gasteiger partial charge on any atom is 0.156 e. The first-order chi connectivity index (χ1) is 14.5. The number of rotatable bonds is 4. The van der Waals surface area contributed by atoms with Gasteiger partial charge in [-0.1, -0.05) is 13.0 Å². The van der Waals surface area contributed by atoms with E-state index in [4.69, 9.17) is 0 Å². The summed E-state index contributed by atoms with van der Waals surface area (Å²) >= 11 is 0. The SMILES string of the molecule is CCN1CC(c2ccc(-c3ccc(-c4cc(C)c5nc(C)cn5n4)cc3O)nn2)C1.Cl. The molecule has 0 unspecified atom stereocenters. The lowest BCUT2D eigenvalue weighted by Gasteiger charge is -2.37. The van der Waals surface area contributed by atoms with E-state index in [1.165, 1.54) is 0 Å². The van der Waals surface area contributed by atoms with Gasteiger partial charge in [-0.15, -0.1) is 12.4 Å². The monoisotopic (exact) mass is 436 g/mol. The Kier molecular flexibility index (Phi) is 5.64. The van der Waals surface area contributed by atoms with Crippen LogP contribution < -0.4 is 0 Å². The minimum absolute atomic E-state index is 0. The maximum atomic E-state index is 10.7. The van der Waals surface area contributed by atoms with Crippen LogP contribution in [-0.4, -0.2) is 54.4 Å². The van der Waals surface area contributed by atoms with Crippen LogP contribution in [0.2, 0.25) is 0 Å². The predicted octanol–water partition coefficient (Wildman–Crippen LogP) is 4.02. The Morgan fingerprint density at radius 2 is 1.84 bits per heavy atom. The van der Waals surface area contributed by atoms with E-state index < -0.39 is 0 Å². The highest BCUT2D eigenvalue weighted by Crippen LogP contribution is 2.33. The van der Waals surface area contributed by atoms with Gasteiger partial charge in [-0.2, -0.15) is 15.3 Å². The molecule has 0 spiro atoms. The molecule has 1 saturated heterocycles. The minimum atomic E-state index is 0. The Labute approximate surface area is 187 Å². The summed E-state index contributed by atoms with van der Waals surface area (Å²) < 4.78 is 1.79. The van der Waals surface area contributed by atoms with E-state index in [1.807, 2.05) is 50.4 Å². The first-order valence-corrected chi connectivity index (χ1v) is 10.2. The van der Waals surface area contributed by atoms with E-state index in [9.17, 15) is 5.11 Å². The van der Waals surface area contributed by atoms with Crippen molar-refractivity contribution in [1.29, 1.82) is 0 Å². The number of phenols is 1. The molecule has 1 aliphatic heterocycles. The van der Waals surface area contributed by atoms with Crippen molar-refractivity contribution in [3.05, 3.63) is 59.5 Å². The number of aromatic nitrogens is 5. The first-order valence-electron chi connectivity index (χ1n) is 10.2. The topological polar surface area (TPSA) is 79.4 Å². The molecule has 1 aliphatic rings. The Balaban J connectivity index is 0.00000231. The molecule has 7 nitrogen and oxygen atoms in total. The number of nitrogens with zero attached hydrogens (tertiary/aromatic N) is 6. The minimum Gasteiger partial charge on any atom is -0.507 e. The van der Waals surface area contributed by atoms with Gasteiger partial charge >= 0.3 is 0 Å². The fourth-order valence-electron chi connectivity index (χ4n) is 4.01. The molecule has 0 saturated carbocycles. The number of aromatic hydroxyl groups is 1. The second-order valence-corrected chi connectivity index (χ2v) is 7.99. The van der Waals surface area contributed by atoms with Crippen molar-refractivity contribution in [2.45, 2.75) is 26.7 Å². The smallest absolute Gasteiger partial charge is 0.156 e. The van der Waals surface area contributed by atoms with Gasteiger partial charge in [-0.05, 0) is 56.3 Å². The lowest BCUT2D eigenvalue weighted by Crippen LogP contribution is -2.44. The highest BCUT2D eigenvalue weighted by Gasteiger charge is 2.28. The van der Waals surface area contributed by atoms with Crippen LogP contribution in [0.1, 0.15) is 29.8 Å². The summed E-state index contributed by atoms with van der Waals surface area (Å²) in [6.45, 7) is 9.29. The second-order valence-electron chi connectivity index (χ2n) is 7.99. The van der Waals surface area contributed by atoms with Gasteiger partial charge < -0.3 is 10.0 Å². The van der Waals surface area contributed by atoms with Crippen LogP contribution in [0, 0.1) is 13.8 Å². The maximum absolute atomic E-state index is 10.7. The molecule has 0 bridgehead atoms. The number of imidazole rings is 1. The van der Waals surface area contributed by atoms with Crippen LogP contribution >= 0.6 is 12.4 Å². The molecule has 3 aromatic heterocycles. The fraction of sp³-hybridized carbons (Fsp3) is 0.304. The molecule has 5 rings (SSSR count). The number of likely N-dealkylation sites (tertiary alicyclic amines) is 1. The summed E-state index contributed by atoms with van der Waals surface area (Å²) in [6.07, 6.45) is 1.90. The zero-order valence-electron chi connectivity index (χ0n) is 17.8. The summed E-state index contributed by atoms with van der Waals surface area (Å²) in [7, 11) is 0. The van der Waals surface area contributed by atoms with Crippen molar-refractivity contribution < 1.29 is 5.11 Å². The summed E-state index contributed by atoms with van der Waals surface area (Å²) in [5, 5.41) is 24.1. The van der Waals surface area contributed by atoms with Gasteiger partial charge in [0.05, 0.1) is 29.0 Å². The average Bonchev–Trinajstić information content (AvgIpc) is 3.09. The molecule has 4 heterocycles. The number of halogens is 1. The summed E-state index contributed by atoms with van der Waals surface area (Å²) in [6, 6.07) is 11.5. The van der Waals surface area contributed by atoms with E-state index in [0.717, 1.165) is 53.5 Å². The highest BCUT2D eigenvalue weighted by molar-refractivity contribution is 5.85. The second kappa shape index (κ2) is 8.24. The lowest BCUT2D eigenvalue weighted by molar-refractivity contribution is 0.154. The standard InChI is InChI=1S/C23H24N6O.ClH/c1-4-28-12-17(13-28)19-7-8-20(26-25-19)18-6-5-16(10-22(18)30)21-9-14(2)23-24-15(3)11-29(23)27-21;/h5-11,17,30H,4,12-13H2,1-3H3;1H. The molecular formula is C23H25ClN6O. The molecule has 1 fully saturated rings. The van der Waals surface area contributed by atoms with Crippen molar-refractivity contribution in [3.63, 3.8) is 0 Å². The van der Waals surface area contributed by atoms with Gasteiger partial charge in [0, 0.05) is 30.1 Å². The number of hydrogen-bond donors (Lipinski definition) is 1. The van der Waals surface area contributed by atoms with E-state index >= 15 is 0 Å². The summed E-state index contributed by atoms with van der Waals surface area (Å²) in [4.78, 5) is 6.87. The van der Waals surface area contributed by atoms with Gasteiger partial charge in [-0.3, -0.25) is 0 Å². The lowest BCUT2D eigenvalue weighted by atomic mass is 9.96. The molecule has 4 aromatic rings. The Bertz CT molecular complexity index is 1230. The fourth-order valence-corrected chi connectivity index (χ4v) is 4.01. The molecule has 0 amide bonds. The average molecular weight is 437 g/mol. The highest BCUT2D eigenvalue weighted by atomic mass is 35.5. The van der Waals surface area contributed by atoms with Crippen LogP contribution in [-0.2, 0) is 0 Å². The Morgan fingerprint density at radius 1 is 1.03 bits per heavy atom. The van der Waals surface area contributed by atoms with Crippen molar-refractivity contribution in [2.75, 3.05) is 19.6 Å². The molecule has 1 aromatic carbocycles. The molecule has 8 heteroatoms. The van der Waals surface area contributed by atoms with Gasteiger partial charge in [0.25, 0.3) is 0 Å². The molecule has 160 valence electrons. The number of aryl methyl sites for hydroxylation is 2. The van der Waals surface area contributed by atoms with Crippen molar-refractivity contribution in [3.8, 4) is 28.3 Å². The van der Waals surface area contributed by atoms with E-state index in [-0.39, 0.29) is 18.2 Å². The van der Waals surface area contributed by atoms with Crippen LogP contribution in [0.3, 0.4) is 0 Å². The normalized spacial score (nSPS) is 14.4. The van der Waals surface area contributed by atoms with Crippen molar-refractivity contribution in [2.24, 2.45) is 0 Å². The number of benzene rings is 1. The third-order valence-corrected chi connectivity index (χ3v) is 5.81. The third-order valence-electron chi connectivity index (χ3n) is 5.81. The van der Waals surface area contributed by atoms with Gasteiger partial charge in [-0.25, -0.2) is 9.50 Å². The van der Waals surface area contributed by atoms with Gasteiger partial charge in [0.1, 0.15) is 5.75 Å². The Morgan fingerprint density at radius 3 is 2.52 bits per heavy atom. The van der Waals surface area contributed by atoms with Gasteiger partial charge in [0.15, 0.2) is 5.65 Å². The third kappa shape index (κ3) is 3.86. The number of phenolic OH excluding ortho intramolecular Hbond substituents is 1. The number of likely N-dealkylation sites (N-methyl/N-ethyl adjacent to an activating group) is 1. The van der Waals surface area contributed by atoms with Crippen LogP contribution in [0.15, 0.2) is 42.6 Å². The van der Waals surface area contributed by atoms with E-state index in [2.05, 4.69) is 32.1 Å². The van der Waals surface area contributed by atoms with Crippen molar-refractivity contribution >= 4 is 18.1 Å². The number of hydrogen-bond acceptors (Lipinski definition) is 6. The summed E-state index contributed by atoms with van der Waals surface area (Å²) in [5.74, 6) is 0.621. The van der Waals surface area contributed by atoms with E-state index in [1.54, 1.807) is 10.6 Å². The van der Waals surface area contributed by atoms with Crippen molar-refractivity contribution in [1.82, 2.24) is 29.7 Å². The molecule has 0 aliphatic carbocycles. The van der Waals surface area contributed by atoms with Crippen LogP contribution in [0.5, 0.6) is 5.75 Å². The zero-order chi connectivity index (χ0) is 20.8. The zero-order valence-corrected chi connectivity index (χ0v) is 18.6. The Hall–Kier alpha value is -3.03. The molecule has 0 atom stereocenters. The van der Waals surface area contributed by atoms with Gasteiger partial charge in [0.2, 0.25) is 0 Å². The largest absolute Gasteiger partial charge is 0.507 e. The first kappa shape index (κ1) is 21.2. The quantitative estimate of drug-likeness (QED) is 0.520.